The molecule has 0 aromatic heterocycles. The number of nitro groups is 2. The van der Waals surface area contributed by atoms with Crippen LogP contribution in [-0.2, 0) is 0 Å². The summed E-state index contributed by atoms with van der Waals surface area (Å²) in [5.74, 6) is -0.00171. The monoisotopic (exact) mass is 345 g/mol. The zero-order valence-electron chi connectivity index (χ0n) is 14.2. The molecular formula is C17H19N3O5. The molecule has 0 aliphatic rings. The van der Waals surface area contributed by atoms with E-state index in [1.165, 1.54) is 12.1 Å². The normalized spacial score (nSPS) is 13.3. The van der Waals surface area contributed by atoms with Crippen LogP contribution in [0.15, 0.2) is 48.5 Å². The first-order valence-corrected chi connectivity index (χ1v) is 7.62. The lowest BCUT2D eigenvalue weighted by atomic mass is 10.0. The Kier molecular flexibility index (Phi) is 5.66. The van der Waals surface area contributed by atoms with Gasteiger partial charge in [-0.3, -0.25) is 20.2 Å². The van der Waals surface area contributed by atoms with Crippen LogP contribution in [0.25, 0.3) is 0 Å². The van der Waals surface area contributed by atoms with E-state index < -0.39 is 21.6 Å². The molecule has 8 heteroatoms. The summed E-state index contributed by atoms with van der Waals surface area (Å²) in [4.78, 5) is 22.8. The molecule has 0 heterocycles. The van der Waals surface area contributed by atoms with Gasteiger partial charge in [0.25, 0.3) is 5.69 Å². The SMILES string of the molecule is C[C@H](C(Oc1ccc([N+](=O)[O-])cc1[N+](=O)[O-])c1ccccc1)N(C)C. The number of benzene rings is 2. The standard InChI is InChI=1S/C17H19N3O5/c1-12(18(2)3)17(13-7-5-4-6-8-13)25-16-10-9-14(19(21)22)11-15(16)20(23)24/h4-12,17H,1-3H3/t12-,17?/m1/s1. The lowest BCUT2D eigenvalue weighted by molar-refractivity contribution is -0.394. The van der Waals surface area contributed by atoms with Crippen LogP contribution in [0.1, 0.15) is 18.6 Å². The Morgan fingerprint density at radius 1 is 1.00 bits per heavy atom. The van der Waals surface area contributed by atoms with Crippen molar-refractivity contribution in [3.63, 3.8) is 0 Å². The van der Waals surface area contributed by atoms with Crippen LogP contribution in [-0.4, -0.2) is 34.9 Å². The Morgan fingerprint density at radius 2 is 1.64 bits per heavy atom. The van der Waals surface area contributed by atoms with E-state index in [0.717, 1.165) is 11.6 Å². The van der Waals surface area contributed by atoms with Crippen LogP contribution in [0.2, 0.25) is 0 Å². The molecule has 132 valence electrons. The van der Waals surface area contributed by atoms with Crippen molar-refractivity contribution in [1.82, 2.24) is 4.90 Å². The first-order valence-electron chi connectivity index (χ1n) is 7.62. The third-order valence-corrected chi connectivity index (χ3v) is 3.98. The van der Waals surface area contributed by atoms with E-state index in [4.69, 9.17) is 4.74 Å². The van der Waals surface area contributed by atoms with Gasteiger partial charge in [-0.25, -0.2) is 0 Å². The van der Waals surface area contributed by atoms with Gasteiger partial charge in [0.05, 0.1) is 15.9 Å². The Morgan fingerprint density at radius 3 is 2.16 bits per heavy atom. The fourth-order valence-corrected chi connectivity index (χ4v) is 2.36. The Balaban J connectivity index is 2.45. The Hall–Kier alpha value is -3.00. The van der Waals surface area contributed by atoms with Gasteiger partial charge in [0.15, 0.2) is 5.75 Å². The fraction of sp³-hybridized carbons (Fsp3) is 0.294. The zero-order chi connectivity index (χ0) is 18.6. The highest BCUT2D eigenvalue weighted by Crippen LogP contribution is 2.35. The summed E-state index contributed by atoms with van der Waals surface area (Å²) < 4.78 is 5.94. The van der Waals surface area contributed by atoms with Crippen molar-refractivity contribution >= 4 is 11.4 Å². The third kappa shape index (κ3) is 4.30. The molecule has 0 N–H and O–H groups in total. The summed E-state index contributed by atoms with van der Waals surface area (Å²) in [6.07, 6.45) is -0.476. The number of likely N-dealkylation sites (N-methyl/N-ethyl adjacent to an activating group) is 1. The highest BCUT2D eigenvalue weighted by molar-refractivity contribution is 5.53. The molecule has 2 aromatic rings. The van der Waals surface area contributed by atoms with Gasteiger partial charge >= 0.3 is 5.69 Å². The molecule has 0 saturated carbocycles. The maximum atomic E-state index is 11.3. The van der Waals surface area contributed by atoms with E-state index in [-0.39, 0.29) is 17.5 Å². The number of nitro benzene ring substituents is 2. The van der Waals surface area contributed by atoms with Crippen LogP contribution in [0, 0.1) is 20.2 Å². The van der Waals surface area contributed by atoms with Crippen molar-refractivity contribution in [2.24, 2.45) is 0 Å². The first kappa shape index (κ1) is 18.3. The summed E-state index contributed by atoms with van der Waals surface area (Å²) in [5, 5.41) is 22.2. The summed E-state index contributed by atoms with van der Waals surface area (Å²) in [6, 6.07) is 12.6. The number of hydrogen-bond acceptors (Lipinski definition) is 6. The highest BCUT2D eigenvalue weighted by Gasteiger charge is 2.28. The molecule has 2 rings (SSSR count). The van der Waals surface area contributed by atoms with Crippen LogP contribution < -0.4 is 4.74 Å². The molecule has 2 atom stereocenters. The van der Waals surface area contributed by atoms with Crippen LogP contribution in [0.3, 0.4) is 0 Å². The van der Waals surface area contributed by atoms with E-state index in [2.05, 4.69) is 0 Å². The lowest BCUT2D eigenvalue weighted by Crippen LogP contribution is -2.34. The van der Waals surface area contributed by atoms with Crippen LogP contribution >= 0.6 is 0 Å². The minimum Gasteiger partial charge on any atom is -0.477 e. The molecule has 2 aromatic carbocycles. The number of nitrogens with zero attached hydrogens (tertiary/aromatic N) is 3. The smallest absolute Gasteiger partial charge is 0.317 e. The van der Waals surface area contributed by atoms with E-state index in [0.29, 0.717) is 0 Å². The molecule has 0 saturated heterocycles. The van der Waals surface area contributed by atoms with Gasteiger partial charge in [0, 0.05) is 12.1 Å². The second kappa shape index (κ2) is 7.71. The third-order valence-electron chi connectivity index (χ3n) is 3.98. The summed E-state index contributed by atoms with van der Waals surface area (Å²) in [5.41, 5.74) is 0.0772. The largest absolute Gasteiger partial charge is 0.477 e. The summed E-state index contributed by atoms with van der Waals surface area (Å²) >= 11 is 0. The van der Waals surface area contributed by atoms with Crippen molar-refractivity contribution in [1.29, 1.82) is 0 Å². The molecule has 0 aliphatic carbocycles. The topological polar surface area (TPSA) is 98.8 Å². The minimum atomic E-state index is -0.676. The quantitative estimate of drug-likeness (QED) is 0.562. The maximum Gasteiger partial charge on any atom is 0.317 e. The Bertz CT molecular complexity index is 764. The molecule has 0 fully saturated rings. The van der Waals surface area contributed by atoms with Crippen molar-refractivity contribution in [3.05, 3.63) is 74.3 Å². The second-order valence-electron chi connectivity index (χ2n) is 5.82. The lowest BCUT2D eigenvalue weighted by Gasteiger charge is -2.30. The van der Waals surface area contributed by atoms with Gasteiger partial charge in [-0.2, -0.15) is 0 Å². The van der Waals surface area contributed by atoms with Crippen LogP contribution in [0.4, 0.5) is 11.4 Å². The molecular weight excluding hydrogens is 326 g/mol. The van der Waals surface area contributed by atoms with Crippen molar-refractivity contribution in [2.45, 2.75) is 19.1 Å². The highest BCUT2D eigenvalue weighted by atomic mass is 16.6. The maximum absolute atomic E-state index is 11.3. The minimum absolute atomic E-state index is 0.00171. The van der Waals surface area contributed by atoms with Gasteiger partial charge < -0.3 is 9.64 Å². The van der Waals surface area contributed by atoms with E-state index in [9.17, 15) is 20.2 Å². The van der Waals surface area contributed by atoms with E-state index >= 15 is 0 Å². The van der Waals surface area contributed by atoms with Gasteiger partial charge in [-0.1, -0.05) is 30.3 Å². The number of rotatable bonds is 7. The van der Waals surface area contributed by atoms with Gasteiger partial charge in [0.2, 0.25) is 0 Å². The number of ether oxygens (including phenoxy) is 1. The second-order valence-corrected chi connectivity index (χ2v) is 5.82. The Labute approximate surface area is 144 Å². The average Bonchev–Trinajstić information content (AvgIpc) is 2.59. The number of non-ortho nitro benzene ring substituents is 1. The first-order chi connectivity index (χ1) is 11.8. The summed E-state index contributed by atoms with van der Waals surface area (Å²) in [6.45, 7) is 1.94. The van der Waals surface area contributed by atoms with Gasteiger partial charge in [-0.05, 0) is 32.6 Å². The van der Waals surface area contributed by atoms with Crippen LogP contribution in [0.5, 0.6) is 5.75 Å². The number of hydrogen-bond donors (Lipinski definition) is 0. The van der Waals surface area contributed by atoms with Gasteiger partial charge in [-0.15, -0.1) is 0 Å². The molecule has 0 amide bonds. The molecule has 0 aliphatic heterocycles. The van der Waals surface area contributed by atoms with Gasteiger partial charge in [0.1, 0.15) is 6.10 Å². The van der Waals surface area contributed by atoms with Crippen molar-refractivity contribution in [2.75, 3.05) is 14.1 Å². The average molecular weight is 345 g/mol. The molecule has 25 heavy (non-hydrogen) atoms. The van der Waals surface area contributed by atoms with Crippen molar-refractivity contribution in [3.8, 4) is 5.75 Å². The molecule has 0 radical (unpaired) electrons. The predicted octanol–water partition coefficient (Wildman–Crippen LogP) is 3.57. The molecule has 8 nitrogen and oxygen atoms in total. The van der Waals surface area contributed by atoms with E-state index in [1.807, 2.05) is 56.3 Å². The summed E-state index contributed by atoms with van der Waals surface area (Å²) in [7, 11) is 3.77. The molecule has 0 bridgehead atoms. The molecule has 1 unspecified atom stereocenters. The molecule has 0 spiro atoms. The zero-order valence-corrected chi connectivity index (χ0v) is 14.2. The van der Waals surface area contributed by atoms with E-state index in [1.54, 1.807) is 0 Å². The predicted molar refractivity (Wildman–Crippen MR) is 92.7 cm³/mol. The van der Waals surface area contributed by atoms with Crippen molar-refractivity contribution < 1.29 is 14.6 Å². The fourth-order valence-electron chi connectivity index (χ4n) is 2.36.